The van der Waals surface area contributed by atoms with E-state index in [1.54, 1.807) is 19.1 Å². The Balaban J connectivity index is 1.89. The van der Waals surface area contributed by atoms with Crippen LogP contribution in [0.4, 0.5) is 4.39 Å². The number of benzene rings is 2. The molecule has 0 N–H and O–H groups in total. The van der Waals surface area contributed by atoms with Gasteiger partial charge in [-0.15, -0.1) is 0 Å². The SMILES string of the molecule is CCOC(=O)CSc1nc2ccccc2n1Cc1ccc(F)cc1. The van der Waals surface area contributed by atoms with Crippen LogP contribution in [0.1, 0.15) is 12.5 Å². The standard InChI is InChI=1S/C18H17FN2O2S/c1-2-23-17(22)12-24-18-20-15-5-3-4-6-16(15)21(18)11-13-7-9-14(19)10-8-13/h3-10H,2,11-12H2,1H3. The normalized spacial score (nSPS) is 10.9. The number of halogens is 1. The van der Waals surface area contributed by atoms with Crippen LogP contribution >= 0.6 is 11.8 Å². The van der Waals surface area contributed by atoms with E-state index in [1.165, 1.54) is 23.9 Å². The Hall–Kier alpha value is -2.34. The Kier molecular flexibility index (Phi) is 5.15. The summed E-state index contributed by atoms with van der Waals surface area (Å²) in [6, 6.07) is 14.2. The average Bonchev–Trinajstić information content (AvgIpc) is 2.93. The van der Waals surface area contributed by atoms with Crippen LogP contribution in [0.3, 0.4) is 0 Å². The van der Waals surface area contributed by atoms with E-state index in [2.05, 4.69) is 4.98 Å². The zero-order valence-electron chi connectivity index (χ0n) is 13.2. The molecule has 1 heterocycles. The third kappa shape index (κ3) is 3.76. The number of thioether (sulfide) groups is 1. The Morgan fingerprint density at radius 1 is 1.21 bits per heavy atom. The van der Waals surface area contributed by atoms with Gasteiger partial charge in [-0.25, -0.2) is 9.37 Å². The molecule has 3 aromatic rings. The first-order valence-electron chi connectivity index (χ1n) is 7.65. The van der Waals surface area contributed by atoms with Gasteiger partial charge < -0.3 is 9.30 Å². The zero-order chi connectivity index (χ0) is 16.9. The lowest BCUT2D eigenvalue weighted by Crippen LogP contribution is -2.08. The Morgan fingerprint density at radius 2 is 1.96 bits per heavy atom. The maximum absolute atomic E-state index is 13.1. The van der Waals surface area contributed by atoms with Gasteiger partial charge in [0.2, 0.25) is 0 Å². The summed E-state index contributed by atoms with van der Waals surface area (Å²) in [5.74, 6) is -0.311. The number of ether oxygens (including phenoxy) is 1. The number of carbonyl (C=O) groups excluding carboxylic acids is 1. The average molecular weight is 344 g/mol. The van der Waals surface area contributed by atoms with E-state index in [1.807, 2.05) is 28.8 Å². The predicted molar refractivity (Wildman–Crippen MR) is 92.6 cm³/mol. The molecule has 4 nitrogen and oxygen atoms in total. The van der Waals surface area contributed by atoms with Crippen LogP contribution in [0.15, 0.2) is 53.7 Å². The van der Waals surface area contributed by atoms with Gasteiger partial charge in [-0.3, -0.25) is 4.79 Å². The molecule has 0 spiro atoms. The van der Waals surface area contributed by atoms with Crippen LogP contribution in [0, 0.1) is 5.82 Å². The van der Waals surface area contributed by atoms with E-state index in [0.717, 1.165) is 21.8 Å². The third-order valence-corrected chi connectivity index (χ3v) is 4.45. The summed E-state index contributed by atoms with van der Waals surface area (Å²) >= 11 is 1.35. The molecule has 1 aromatic heterocycles. The number of hydrogen-bond acceptors (Lipinski definition) is 4. The van der Waals surface area contributed by atoms with Crippen LogP contribution in [0.5, 0.6) is 0 Å². The molecule has 0 saturated heterocycles. The first-order valence-corrected chi connectivity index (χ1v) is 8.64. The number of nitrogens with zero attached hydrogens (tertiary/aromatic N) is 2. The second kappa shape index (κ2) is 7.49. The van der Waals surface area contributed by atoms with E-state index < -0.39 is 0 Å². The Morgan fingerprint density at radius 3 is 2.71 bits per heavy atom. The number of hydrogen-bond donors (Lipinski definition) is 0. The van der Waals surface area contributed by atoms with Crippen LogP contribution in [0.2, 0.25) is 0 Å². The molecule has 0 atom stereocenters. The summed E-state index contributed by atoms with van der Waals surface area (Å²) in [7, 11) is 0. The first-order chi connectivity index (χ1) is 11.7. The number of para-hydroxylation sites is 2. The van der Waals surface area contributed by atoms with Crippen molar-refractivity contribution in [2.24, 2.45) is 0 Å². The maximum atomic E-state index is 13.1. The number of rotatable bonds is 6. The van der Waals surface area contributed by atoms with Gasteiger partial charge in [-0.2, -0.15) is 0 Å². The van der Waals surface area contributed by atoms with Gasteiger partial charge >= 0.3 is 5.97 Å². The smallest absolute Gasteiger partial charge is 0.316 e. The van der Waals surface area contributed by atoms with Crippen molar-refractivity contribution in [1.29, 1.82) is 0 Å². The molecule has 2 aromatic carbocycles. The molecule has 0 aliphatic heterocycles. The third-order valence-electron chi connectivity index (χ3n) is 3.50. The highest BCUT2D eigenvalue weighted by Gasteiger charge is 2.13. The summed E-state index contributed by atoms with van der Waals surface area (Å²) in [6.45, 7) is 2.71. The zero-order valence-corrected chi connectivity index (χ0v) is 14.1. The molecular weight excluding hydrogens is 327 g/mol. The topological polar surface area (TPSA) is 44.1 Å². The summed E-state index contributed by atoms with van der Waals surface area (Å²) in [4.78, 5) is 16.2. The van der Waals surface area contributed by atoms with E-state index in [0.29, 0.717) is 13.2 Å². The van der Waals surface area contributed by atoms with Crippen molar-refractivity contribution >= 4 is 28.8 Å². The van der Waals surface area contributed by atoms with E-state index >= 15 is 0 Å². The number of imidazole rings is 1. The molecule has 0 radical (unpaired) electrons. The highest BCUT2D eigenvalue weighted by molar-refractivity contribution is 7.99. The summed E-state index contributed by atoms with van der Waals surface area (Å²) < 4.78 is 20.1. The largest absolute Gasteiger partial charge is 0.465 e. The van der Waals surface area contributed by atoms with Crippen LogP contribution in [0.25, 0.3) is 11.0 Å². The number of fused-ring (bicyclic) bond motifs is 1. The summed E-state index contributed by atoms with van der Waals surface area (Å²) in [6.07, 6.45) is 0. The minimum Gasteiger partial charge on any atom is -0.465 e. The molecule has 0 saturated carbocycles. The molecule has 24 heavy (non-hydrogen) atoms. The first kappa shape index (κ1) is 16.5. The molecule has 0 bridgehead atoms. The fraction of sp³-hybridized carbons (Fsp3) is 0.222. The molecular formula is C18H17FN2O2S. The lowest BCUT2D eigenvalue weighted by atomic mass is 10.2. The lowest BCUT2D eigenvalue weighted by molar-refractivity contribution is -0.139. The van der Waals surface area contributed by atoms with Gasteiger partial charge in [0, 0.05) is 0 Å². The second-order valence-electron chi connectivity index (χ2n) is 5.19. The molecule has 3 rings (SSSR count). The van der Waals surface area contributed by atoms with Gasteiger partial charge in [-0.1, -0.05) is 36.0 Å². The van der Waals surface area contributed by atoms with Crippen molar-refractivity contribution in [3.63, 3.8) is 0 Å². The molecule has 0 fully saturated rings. The molecule has 0 amide bonds. The van der Waals surface area contributed by atoms with Crippen molar-refractivity contribution < 1.29 is 13.9 Å². The number of carbonyl (C=O) groups is 1. The van der Waals surface area contributed by atoms with Crippen molar-refractivity contribution in [2.75, 3.05) is 12.4 Å². The fourth-order valence-corrected chi connectivity index (χ4v) is 3.23. The van der Waals surface area contributed by atoms with Crippen molar-refractivity contribution in [3.05, 3.63) is 59.9 Å². The Labute approximate surface area is 143 Å². The number of aromatic nitrogens is 2. The highest BCUT2D eigenvalue weighted by atomic mass is 32.2. The van der Waals surface area contributed by atoms with Gasteiger partial charge in [0.05, 0.1) is 29.9 Å². The van der Waals surface area contributed by atoms with Crippen LogP contribution in [-0.2, 0) is 16.1 Å². The predicted octanol–water partition coefficient (Wildman–Crippen LogP) is 3.88. The minimum absolute atomic E-state index is 0.209. The summed E-state index contributed by atoms with van der Waals surface area (Å²) in [5, 5.41) is 0.744. The van der Waals surface area contributed by atoms with E-state index in [-0.39, 0.29) is 17.5 Å². The molecule has 0 aliphatic rings. The molecule has 6 heteroatoms. The molecule has 124 valence electrons. The summed E-state index contributed by atoms with van der Waals surface area (Å²) in [5.41, 5.74) is 2.82. The molecule has 0 unspecified atom stereocenters. The van der Waals surface area contributed by atoms with E-state index in [9.17, 15) is 9.18 Å². The van der Waals surface area contributed by atoms with Crippen molar-refractivity contribution in [2.45, 2.75) is 18.6 Å². The van der Waals surface area contributed by atoms with Crippen LogP contribution in [-0.4, -0.2) is 27.9 Å². The second-order valence-corrected chi connectivity index (χ2v) is 6.13. The molecule has 0 aliphatic carbocycles. The van der Waals surface area contributed by atoms with E-state index in [4.69, 9.17) is 4.74 Å². The quantitative estimate of drug-likeness (QED) is 0.503. The van der Waals surface area contributed by atoms with Gasteiger partial charge in [0.25, 0.3) is 0 Å². The number of esters is 1. The van der Waals surface area contributed by atoms with Gasteiger partial charge in [-0.05, 0) is 36.8 Å². The minimum atomic E-state index is -0.261. The van der Waals surface area contributed by atoms with Gasteiger partial charge in [0.1, 0.15) is 5.82 Å². The fourth-order valence-electron chi connectivity index (χ4n) is 2.41. The van der Waals surface area contributed by atoms with Crippen molar-refractivity contribution in [1.82, 2.24) is 9.55 Å². The van der Waals surface area contributed by atoms with Crippen molar-refractivity contribution in [3.8, 4) is 0 Å². The van der Waals surface area contributed by atoms with Gasteiger partial charge in [0.15, 0.2) is 5.16 Å². The Bertz CT molecular complexity index is 846. The maximum Gasteiger partial charge on any atom is 0.316 e. The highest BCUT2D eigenvalue weighted by Crippen LogP contribution is 2.25. The monoisotopic (exact) mass is 344 g/mol. The lowest BCUT2D eigenvalue weighted by Gasteiger charge is -2.09. The van der Waals surface area contributed by atoms with Crippen LogP contribution < -0.4 is 0 Å².